The first-order valence-corrected chi connectivity index (χ1v) is 8.40. The minimum atomic E-state index is -1.25. The lowest BCUT2D eigenvalue weighted by atomic mass is 10.0. The van der Waals surface area contributed by atoms with Crippen molar-refractivity contribution in [2.75, 3.05) is 0 Å². The maximum atomic E-state index is 10.4. The number of rotatable bonds is 2. The molecule has 0 amide bonds. The monoisotopic (exact) mass is 356 g/mol. The molecule has 2 heterocycles. The van der Waals surface area contributed by atoms with E-state index < -0.39 is 18.3 Å². The van der Waals surface area contributed by atoms with Gasteiger partial charge in [0.15, 0.2) is 0 Å². The van der Waals surface area contributed by atoms with Crippen molar-refractivity contribution in [1.82, 2.24) is 9.55 Å². The second-order valence-electron chi connectivity index (χ2n) is 6.15. The van der Waals surface area contributed by atoms with Crippen LogP contribution in [0.3, 0.4) is 0 Å². The van der Waals surface area contributed by atoms with Gasteiger partial charge in [-0.3, -0.25) is 0 Å². The Balaban J connectivity index is 1.97. The zero-order valence-corrected chi connectivity index (χ0v) is 14.0. The topological polar surface area (TPSA) is 78.5 Å². The van der Waals surface area contributed by atoms with Crippen LogP contribution in [-0.4, -0.2) is 37.1 Å². The van der Waals surface area contributed by atoms with Crippen LogP contribution in [0, 0.1) is 0 Å². The Hall–Kier alpha value is -2.18. The van der Waals surface area contributed by atoms with Gasteiger partial charge in [-0.2, -0.15) is 0 Å². The van der Waals surface area contributed by atoms with Gasteiger partial charge < -0.3 is 19.9 Å². The molecule has 2 aromatic carbocycles. The Morgan fingerprint density at radius 2 is 1.60 bits per heavy atom. The fourth-order valence-corrected chi connectivity index (χ4v) is 3.36. The van der Waals surface area contributed by atoms with Crippen molar-refractivity contribution in [3.8, 4) is 22.5 Å². The van der Waals surface area contributed by atoms with E-state index in [1.54, 1.807) is 16.7 Å². The third kappa shape index (κ3) is 2.75. The van der Waals surface area contributed by atoms with Crippen molar-refractivity contribution in [1.29, 1.82) is 0 Å². The highest BCUT2D eigenvalue weighted by Gasteiger charge is 2.37. The van der Waals surface area contributed by atoms with E-state index in [2.05, 4.69) is 4.98 Å². The van der Waals surface area contributed by atoms with Gasteiger partial charge in [-0.05, 0) is 12.1 Å². The number of halogens is 1. The molecule has 3 aromatic rings. The predicted octanol–water partition coefficient (Wildman–Crippen LogP) is 2.64. The van der Waals surface area contributed by atoms with Crippen LogP contribution in [0.4, 0.5) is 0 Å². The van der Waals surface area contributed by atoms with Crippen LogP contribution in [0.25, 0.3) is 22.5 Å². The smallest absolute Gasteiger partial charge is 0.141 e. The second-order valence-corrected chi connectivity index (χ2v) is 6.59. The van der Waals surface area contributed by atoms with Crippen molar-refractivity contribution in [3.63, 3.8) is 0 Å². The number of aromatic nitrogens is 2. The van der Waals surface area contributed by atoms with E-state index in [-0.39, 0.29) is 6.54 Å². The average Bonchev–Trinajstić information content (AvgIpc) is 3.00. The molecule has 1 aliphatic heterocycles. The molecule has 0 saturated carbocycles. The van der Waals surface area contributed by atoms with E-state index in [1.807, 2.05) is 42.5 Å². The number of aliphatic hydroxyl groups excluding tert-OH is 3. The number of benzene rings is 2. The molecular weight excluding hydrogens is 340 g/mol. The highest BCUT2D eigenvalue weighted by atomic mass is 35.5. The van der Waals surface area contributed by atoms with E-state index >= 15 is 0 Å². The van der Waals surface area contributed by atoms with Crippen LogP contribution in [0.15, 0.2) is 54.6 Å². The van der Waals surface area contributed by atoms with Crippen LogP contribution >= 0.6 is 11.6 Å². The summed E-state index contributed by atoms with van der Waals surface area (Å²) in [7, 11) is 0. The molecule has 6 heteroatoms. The van der Waals surface area contributed by atoms with Crippen LogP contribution < -0.4 is 0 Å². The van der Waals surface area contributed by atoms with Crippen molar-refractivity contribution in [2.24, 2.45) is 0 Å². The third-order valence-corrected chi connectivity index (χ3v) is 4.77. The normalized spacial score (nSPS) is 22.6. The van der Waals surface area contributed by atoms with Gasteiger partial charge in [-0.1, -0.05) is 54.1 Å². The standard InChI is InChI=1S/C19H17ClN2O3/c20-13-8-6-11(7-9-13)15-16(12-4-2-1-3-5-12)22-10-14(23)17(24)18(25)19(22)21-15/h1-9,14,17-18,23-25H,10H2/t14-,17+,18-/m1/s1. The zero-order valence-electron chi connectivity index (χ0n) is 13.2. The second kappa shape index (κ2) is 6.28. The summed E-state index contributed by atoms with van der Waals surface area (Å²) in [6.07, 6.45) is -3.55. The molecular formula is C19H17ClN2O3. The summed E-state index contributed by atoms with van der Waals surface area (Å²) in [5, 5.41) is 31.1. The molecule has 3 N–H and O–H groups in total. The van der Waals surface area contributed by atoms with E-state index in [0.717, 1.165) is 16.8 Å². The molecule has 1 aromatic heterocycles. The Kier molecular flexibility index (Phi) is 4.09. The number of hydrogen-bond donors (Lipinski definition) is 3. The minimum Gasteiger partial charge on any atom is -0.388 e. The van der Waals surface area contributed by atoms with Crippen molar-refractivity contribution >= 4 is 11.6 Å². The van der Waals surface area contributed by atoms with E-state index in [4.69, 9.17) is 11.6 Å². The summed E-state index contributed by atoms with van der Waals surface area (Å²) < 4.78 is 1.78. The first-order chi connectivity index (χ1) is 12.1. The summed E-state index contributed by atoms with van der Waals surface area (Å²) in [6.45, 7) is 0.165. The fourth-order valence-electron chi connectivity index (χ4n) is 3.24. The van der Waals surface area contributed by atoms with Gasteiger partial charge in [-0.15, -0.1) is 0 Å². The number of hydrogen-bond acceptors (Lipinski definition) is 4. The number of nitrogens with zero attached hydrogens (tertiary/aromatic N) is 2. The largest absolute Gasteiger partial charge is 0.388 e. The highest BCUT2D eigenvalue weighted by molar-refractivity contribution is 6.30. The lowest BCUT2D eigenvalue weighted by molar-refractivity contribution is -0.0851. The van der Waals surface area contributed by atoms with Gasteiger partial charge in [0.1, 0.15) is 24.1 Å². The first-order valence-electron chi connectivity index (χ1n) is 8.02. The van der Waals surface area contributed by atoms with Gasteiger partial charge in [-0.25, -0.2) is 4.98 Å². The molecule has 128 valence electrons. The van der Waals surface area contributed by atoms with E-state index in [9.17, 15) is 15.3 Å². The number of fused-ring (bicyclic) bond motifs is 1. The molecule has 3 atom stereocenters. The van der Waals surface area contributed by atoms with E-state index in [0.29, 0.717) is 16.5 Å². The quantitative estimate of drug-likeness (QED) is 0.659. The minimum absolute atomic E-state index is 0.165. The lowest BCUT2D eigenvalue weighted by Crippen LogP contribution is -2.41. The molecule has 0 radical (unpaired) electrons. The molecule has 0 spiro atoms. The molecule has 4 rings (SSSR count). The summed E-state index contributed by atoms with van der Waals surface area (Å²) in [5.41, 5.74) is 3.24. The Morgan fingerprint density at radius 3 is 2.28 bits per heavy atom. The van der Waals surface area contributed by atoms with Crippen LogP contribution in [0.2, 0.25) is 5.02 Å². The van der Waals surface area contributed by atoms with Crippen molar-refractivity contribution < 1.29 is 15.3 Å². The predicted molar refractivity (Wildman–Crippen MR) is 95.1 cm³/mol. The van der Waals surface area contributed by atoms with Gasteiger partial charge in [0.2, 0.25) is 0 Å². The zero-order chi connectivity index (χ0) is 17.6. The molecule has 0 fully saturated rings. The molecule has 25 heavy (non-hydrogen) atoms. The Labute approximate surface area is 149 Å². The van der Waals surface area contributed by atoms with Crippen molar-refractivity contribution in [3.05, 3.63) is 65.4 Å². The van der Waals surface area contributed by atoms with Gasteiger partial charge in [0.05, 0.1) is 17.9 Å². The van der Waals surface area contributed by atoms with Crippen LogP contribution in [0.1, 0.15) is 11.9 Å². The number of imidazole rings is 1. The molecule has 0 unspecified atom stereocenters. The summed E-state index contributed by atoms with van der Waals surface area (Å²) in [6, 6.07) is 17.0. The first kappa shape index (κ1) is 16.3. The third-order valence-electron chi connectivity index (χ3n) is 4.51. The maximum absolute atomic E-state index is 10.4. The van der Waals surface area contributed by atoms with Gasteiger partial charge in [0, 0.05) is 16.1 Å². The lowest BCUT2D eigenvalue weighted by Gasteiger charge is -2.30. The molecule has 0 bridgehead atoms. The highest BCUT2D eigenvalue weighted by Crippen LogP contribution is 2.38. The van der Waals surface area contributed by atoms with Crippen LogP contribution in [-0.2, 0) is 6.54 Å². The molecule has 1 aliphatic rings. The molecule has 0 saturated heterocycles. The SMILES string of the molecule is O[C@H]1[C@H](O)Cn2c(nc(-c3ccc(Cl)cc3)c2-c2ccccc2)[C@@H]1O. The Bertz CT molecular complexity index is 893. The summed E-state index contributed by atoms with van der Waals surface area (Å²) >= 11 is 5.99. The van der Waals surface area contributed by atoms with Crippen LogP contribution in [0.5, 0.6) is 0 Å². The summed E-state index contributed by atoms with van der Waals surface area (Å²) in [4.78, 5) is 4.59. The fraction of sp³-hybridized carbons (Fsp3) is 0.211. The van der Waals surface area contributed by atoms with Gasteiger partial charge >= 0.3 is 0 Å². The number of aliphatic hydroxyl groups is 3. The average molecular weight is 357 g/mol. The maximum Gasteiger partial charge on any atom is 0.141 e. The van der Waals surface area contributed by atoms with Crippen molar-refractivity contribution in [2.45, 2.75) is 24.9 Å². The molecule has 5 nitrogen and oxygen atoms in total. The summed E-state index contributed by atoms with van der Waals surface area (Å²) in [5.74, 6) is 0.349. The van der Waals surface area contributed by atoms with E-state index in [1.165, 1.54) is 0 Å². The van der Waals surface area contributed by atoms with Gasteiger partial charge in [0.25, 0.3) is 0 Å². The molecule has 0 aliphatic carbocycles. The Morgan fingerprint density at radius 1 is 0.920 bits per heavy atom.